The van der Waals surface area contributed by atoms with Gasteiger partial charge in [-0.15, -0.1) is 0 Å². The van der Waals surface area contributed by atoms with Crippen molar-refractivity contribution in [1.29, 1.82) is 0 Å². The molecule has 0 aliphatic carbocycles. The molecule has 0 amide bonds. The molecule has 3 heteroatoms. The molecular weight excluding hydrogens is 178 g/mol. The summed E-state index contributed by atoms with van der Waals surface area (Å²) in [4.78, 5) is 0. The van der Waals surface area contributed by atoms with E-state index in [0.717, 1.165) is 33.0 Å². The van der Waals surface area contributed by atoms with Gasteiger partial charge in [0.25, 0.3) is 0 Å². The Bertz CT molecular complexity index is 127. The van der Waals surface area contributed by atoms with Gasteiger partial charge in [-0.2, -0.15) is 0 Å². The molecule has 84 valence electrons. The summed E-state index contributed by atoms with van der Waals surface area (Å²) in [5, 5.41) is 3.54. The third kappa shape index (κ3) is 3.95. The van der Waals surface area contributed by atoms with E-state index in [1.54, 1.807) is 0 Å². The molecule has 0 bridgehead atoms. The molecule has 2 unspecified atom stereocenters. The van der Waals surface area contributed by atoms with Crippen LogP contribution in [0.4, 0.5) is 0 Å². The van der Waals surface area contributed by atoms with Gasteiger partial charge in [-0.05, 0) is 26.3 Å². The van der Waals surface area contributed by atoms with E-state index in [1.165, 1.54) is 12.8 Å². The van der Waals surface area contributed by atoms with Gasteiger partial charge >= 0.3 is 0 Å². The summed E-state index contributed by atoms with van der Waals surface area (Å²) >= 11 is 0. The predicted octanol–water partition coefficient (Wildman–Crippen LogP) is 1.43. The summed E-state index contributed by atoms with van der Waals surface area (Å²) in [5.74, 6) is 0.646. The summed E-state index contributed by atoms with van der Waals surface area (Å²) in [7, 11) is 0. The molecule has 1 fully saturated rings. The number of ether oxygens (including phenoxy) is 2. The van der Waals surface area contributed by atoms with Gasteiger partial charge in [0.1, 0.15) is 0 Å². The molecule has 0 aromatic heterocycles. The van der Waals surface area contributed by atoms with E-state index in [-0.39, 0.29) is 0 Å². The molecule has 0 aromatic rings. The van der Waals surface area contributed by atoms with E-state index < -0.39 is 0 Å². The fourth-order valence-corrected chi connectivity index (χ4v) is 1.81. The van der Waals surface area contributed by atoms with Gasteiger partial charge in [0.2, 0.25) is 0 Å². The maximum atomic E-state index is 5.49. The second-order valence-corrected chi connectivity index (χ2v) is 3.84. The van der Waals surface area contributed by atoms with Gasteiger partial charge in [-0.3, -0.25) is 0 Å². The molecule has 2 atom stereocenters. The zero-order valence-corrected chi connectivity index (χ0v) is 9.42. The van der Waals surface area contributed by atoms with Crippen molar-refractivity contribution in [3.8, 4) is 0 Å². The van der Waals surface area contributed by atoms with Gasteiger partial charge in [-0.1, -0.05) is 6.92 Å². The van der Waals surface area contributed by atoms with Crippen molar-refractivity contribution in [1.82, 2.24) is 5.32 Å². The fraction of sp³-hybridized carbons (Fsp3) is 1.00. The Balaban J connectivity index is 2.26. The van der Waals surface area contributed by atoms with Gasteiger partial charge in [0.05, 0.1) is 13.2 Å². The van der Waals surface area contributed by atoms with Crippen molar-refractivity contribution in [3.63, 3.8) is 0 Å². The minimum absolute atomic E-state index is 0.484. The number of nitrogens with one attached hydrogen (secondary N) is 1. The molecular formula is C11H23NO2. The Kier molecular flexibility index (Phi) is 6.15. The van der Waals surface area contributed by atoms with Crippen LogP contribution in [0.3, 0.4) is 0 Å². The van der Waals surface area contributed by atoms with Crippen molar-refractivity contribution in [2.75, 3.05) is 33.0 Å². The average Bonchev–Trinajstić information content (AvgIpc) is 2.71. The Morgan fingerprint density at radius 1 is 1.50 bits per heavy atom. The first-order valence-corrected chi connectivity index (χ1v) is 5.77. The van der Waals surface area contributed by atoms with E-state index in [1.807, 2.05) is 6.92 Å². The molecule has 1 aliphatic heterocycles. The first-order valence-electron chi connectivity index (χ1n) is 5.77. The molecule has 0 saturated carbocycles. The lowest BCUT2D eigenvalue weighted by molar-refractivity contribution is 0.0956. The summed E-state index contributed by atoms with van der Waals surface area (Å²) in [6.07, 6.45) is 2.35. The predicted molar refractivity (Wildman–Crippen MR) is 57.5 cm³/mol. The molecule has 1 N–H and O–H groups in total. The van der Waals surface area contributed by atoms with Crippen LogP contribution >= 0.6 is 0 Å². The minimum atomic E-state index is 0.484. The zero-order valence-electron chi connectivity index (χ0n) is 9.42. The van der Waals surface area contributed by atoms with Crippen molar-refractivity contribution in [2.24, 2.45) is 5.92 Å². The third-order valence-electron chi connectivity index (χ3n) is 2.69. The highest BCUT2D eigenvalue weighted by atomic mass is 16.5. The van der Waals surface area contributed by atoms with Crippen LogP contribution in [0.1, 0.15) is 26.7 Å². The fourth-order valence-electron chi connectivity index (χ4n) is 1.81. The van der Waals surface area contributed by atoms with Crippen LogP contribution < -0.4 is 5.32 Å². The highest BCUT2D eigenvalue weighted by Gasteiger charge is 2.24. The zero-order chi connectivity index (χ0) is 10.2. The molecule has 14 heavy (non-hydrogen) atoms. The van der Waals surface area contributed by atoms with E-state index in [4.69, 9.17) is 9.47 Å². The van der Waals surface area contributed by atoms with Gasteiger partial charge in [-0.25, -0.2) is 0 Å². The number of hydrogen-bond donors (Lipinski definition) is 1. The van der Waals surface area contributed by atoms with Crippen LogP contribution in [-0.4, -0.2) is 39.0 Å². The van der Waals surface area contributed by atoms with Crippen molar-refractivity contribution >= 4 is 0 Å². The summed E-state index contributed by atoms with van der Waals surface area (Å²) < 4.78 is 10.9. The SMILES string of the molecule is CCCNC(COCC)C1CCOC1. The maximum Gasteiger partial charge on any atom is 0.0623 e. The van der Waals surface area contributed by atoms with Crippen molar-refractivity contribution in [3.05, 3.63) is 0 Å². The Labute approximate surface area is 87.2 Å². The van der Waals surface area contributed by atoms with Crippen molar-refractivity contribution in [2.45, 2.75) is 32.7 Å². The minimum Gasteiger partial charge on any atom is -0.381 e. The number of hydrogen-bond acceptors (Lipinski definition) is 3. The van der Waals surface area contributed by atoms with E-state index in [9.17, 15) is 0 Å². The lowest BCUT2D eigenvalue weighted by Crippen LogP contribution is -2.40. The Hall–Kier alpha value is -0.120. The van der Waals surface area contributed by atoms with Crippen LogP contribution in [0.2, 0.25) is 0 Å². The summed E-state index contributed by atoms with van der Waals surface area (Å²) in [6, 6.07) is 0.484. The molecule has 0 radical (unpaired) electrons. The Morgan fingerprint density at radius 2 is 2.36 bits per heavy atom. The molecule has 0 aromatic carbocycles. The molecule has 1 aliphatic rings. The lowest BCUT2D eigenvalue weighted by Gasteiger charge is -2.23. The molecule has 1 heterocycles. The van der Waals surface area contributed by atoms with E-state index in [0.29, 0.717) is 12.0 Å². The Morgan fingerprint density at radius 3 is 2.93 bits per heavy atom. The average molecular weight is 201 g/mol. The molecule has 3 nitrogen and oxygen atoms in total. The number of rotatable bonds is 7. The molecule has 1 saturated heterocycles. The quantitative estimate of drug-likeness (QED) is 0.676. The summed E-state index contributed by atoms with van der Waals surface area (Å²) in [5.41, 5.74) is 0. The highest BCUT2D eigenvalue weighted by Crippen LogP contribution is 2.17. The third-order valence-corrected chi connectivity index (χ3v) is 2.69. The molecule has 1 rings (SSSR count). The van der Waals surface area contributed by atoms with Crippen LogP contribution in [0.25, 0.3) is 0 Å². The van der Waals surface area contributed by atoms with Crippen LogP contribution in [0, 0.1) is 5.92 Å². The standard InChI is InChI=1S/C11H23NO2/c1-3-6-12-11(9-13-4-2)10-5-7-14-8-10/h10-12H,3-9H2,1-2H3. The van der Waals surface area contributed by atoms with E-state index >= 15 is 0 Å². The van der Waals surface area contributed by atoms with Crippen LogP contribution in [0.15, 0.2) is 0 Å². The topological polar surface area (TPSA) is 30.5 Å². The lowest BCUT2D eigenvalue weighted by atomic mass is 10.00. The van der Waals surface area contributed by atoms with Crippen LogP contribution in [-0.2, 0) is 9.47 Å². The second kappa shape index (κ2) is 7.21. The van der Waals surface area contributed by atoms with Crippen LogP contribution in [0.5, 0.6) is 0 Å². The first-order chi connectivity index (χ1) is 6.88. The maximum absolute atomic E-state index is 5.49. The van der Waals surface area contributed by atoms with Gasteiger partial charge in [0, 0.05) is 25.2 Å². The normalized spacial score (nSPS) is 24.0. The smallest absolute Gasteiger partial charge is 0.0623 e. The second-order valence-electron chi connectivity index (χ2n) is 3.84. The monoisotopic (exact) mass is 201 g/mol. The molecule has 0 spiro atoms. The largest absolute Gasteiger partial charge is 0.381 e. The summed E-state index contributed by atoms with van der Waals surface area (Å²) in [6.45, 7) is 8.75. The highest BCUT2D eigenvalue weighted by molar-refractivity contribution is 4.79. The van der Waals surface area contributed by atoms with Gasteiger partial charge in [0.15, 0.2) is 0 Å². The first kappa shape index (κ1) is 12.0. The van der Waals surface area contributed by atoms with Crippen molar-refractivity contribution < 1.29 is 9.47 Å². The van der Waals surface area contributed by atoms with E-state index in [2.05, 4.69) is 12.2 Å². The van der Waals surface area contributed by atoms with Gasteiger partial charge < -0.3 is 14.8 Å².